The van der Waals surface area contributed by atoms with Gasteiger partial charge in [0.25, 0.3) is 0 Å². The molecule has 0 radical (unpaired) electrons. The maximum Gasteiger partial charge on any atom is 0.345 e. The molecule has 1 aliphatic heterocycles. The van der Waals surface area contributed by atoms with Crippen LogP contribution in [0.5, 0.6) is 0 Å². The standard InChI is InChI=1S/C20H35N5O3/c1-3-24-19(22-25(20(24)27)13-14-28-2)16-9-11-23(12-10-16)15-18(26)21-17-7-5-4-6-8-17/h16-17H,3-15H2,1-2H3,(H,21,26). The van der Waals surface area contributed by atoms with Crippen LogP contribution in [0.15, 0.2) is 4.79 Å². The molecule has 2 aliphatic rings. The highest BCUT2D eigenvalue weighted by Gasteiger charge is 2.27. The third kappa shape index (κ3) is 5.23. The highest BCUT2D eigenvalue weighted by Crippen LogP contribution is 2.26. The van der Waals surface area contributed by atoms with Gasteiger partial charge < -0.3 is 10.1 Å². The summed E-state index contributed by atoms with van der Waals surface area (Å²) in [6.07, 6.45) is 7.85. The Labute approximate surface area is 167 Å². The zero-order valence-corrected chi connectivity index (χ0v) is 17.4. The van der Waals surface area contributed by atoms with Gasteiger partial charge in [0.15, 0.2) is 0 Å². The van der Waals surface area contributed by atoms with Crippen molar-refractivity contribution in [3.05, 3.63) is 16.3 Å². The first-order valence-electron chi connectivity index (χ1n) is 10.8. The summed E-state index contributed by atoms with van der Waals surface area (Å²) in [6.45, 7) is 5.79. The second-order valence-electron chi connectivity index (χ2n) is 8.05. The summed E-state index contributed by atoms with van der Waals surface area (Å²) in [5.74, 6) is 1.31. The van der Waals surface area contributed by atoms with E-state index in [9.17, 15) is 9.59 Å². The molecular weight excluding hydrogens is 358 g/mol. The first-order valence-corrected chi connectivity index (χ1v) is 10.8. The molecule has 0 atom stereocenters. The number of ether oxygens (including phenoxy) is 1. The van der Waals surface area contributed by atoms with Crippen LogP contribution in [-0.4, -0.2) is 64.5 Å². The van der Waals surface area contributed by atoms with Gasteiger partial charge in [-0.15, -0.1) is 0 Å². The maximum atomic E-state index is 12.5. The van der Waals surface area contributed by atoms with Crippen molar-refractivity contribution >= 4 is 5.91 Å². The number of carbonyl (C=O) groups excluding carboxylic acids is 1. The first-order chi connectivity index (χ1) is 13.6. The van der Waals surface area contributed by atoms with E-state index in [1.54, 1.807) is 11.7 Å². The minimum atomic E-state index is -0.0520. The topological polar surface area (TPSA) is 81.4 Å². The van der Waals surface area contributed by atoms with Crippen LogP contribution in [0.25, 0.3) is 0 Å². The number of piperidine rings is 1. The van der Waals surface area contributed by atoms with E-state index in [1.807, 2.05) is 6.92 Å². The second-order valence-corrected chi connectivity index (χ2v) is 8.05. The molecular formula is C20H35N5O3. The van der Waals surface area contributed by atoms with E-state index in [2.05, 4.69) is 15.3 Å². The lowest BCUT2D eigenvalue weighted by Gasteiger charge is -2.31. The summed E-state index contributed by atoms with van der Waals surface area (Å²) >= 11 is 0. The Kier molecular flexibility index (Phi) is 7.67. The van der Waals surface area contributed by atoms with Crippen LogP contribution >= 0.6 is 0 Å². The highest BCUT2D eigenvalue weighted by atomic mass is 16.5. The van der Waals surface area contributed by atoms with Gasteiger partial charge in [0.1, 0.15) is 5.82 Å². The molecule has 8 nitrogen and oxygen atoms in total. The van der Waals surface area contributed by atoms with E-state index >= 15 is 0 Å². The smallest absolute Gasteiger partial charge is 0.345 e. The molecule has 3 rings (SSSR count). The fourth-order valence-electron chi connectivity index (χ4n) is 4.45. The molecule has 0 aromatic carbocycles. The Morgan fingerprint density at radius 1 is 1.18 bits per heavy atom. The second kappa shape index (κ2) is 10.2. The summed E-state index contributed by atoms with van der Waals surface area (Å²) in [5, 5.41) is 7.80. The van der Waals surface area contributed by atoms with E-state index in [4.69, 9.17) is 4.74 Å². The number of hydrogen-bond acceptors (Lipinski definition) is 5. The van der Waals surface area contributed by atoms with Gasteiger partial charge in [0.2, 0.25) is 5.91 Å². The zero-order valence-electron chi connectivity index (χ0n) is 17.4. The zero-order chi connectivity index (χ0) is 19.9. The van der Waals surface area contributed by atoms with Crippen LogP contribution < -0.4 is 11.0 Å². The quantitative estimate of drug-likeness (QED) is 0.721. The molecule has 1 aliphatic carbocycles. The van der Waals surface area contributed by atoms with Crippen LogP contribution in [0.2, 0.25) is 0 Å². The fraction of sp³-hybridized carbons (Fsp3) is 0.850. The average Bonchev–Trinajstić information content (AvgIpc) is 3.03. The third-order valence-electron chi connectivity index (χ3n) is 6.07. The van der Waals surface area contributed by atoms with Gasteiger partial charge in [0.05, 0.1) is 19.7 Å². The number of amides is 1. The van der Waals surface area contributed by atoms with E-state index < -0.39 is 0 Å². The van der Waals surface area contributed by atoms with E-state index in [0.29, 0.717) is 32.3 Å². The Balaban J connectivity index is 1.52. The Morgan fingerprint density at radius 3 is 2.54 bits per heavy atom. The van der Waals surface area contributed by atoms with Gasteiger partial charge in [-0.1, -0.05) is 19.3 Å². The maximum absolute atomic E-state index is 12.5. The van der Waals surface area contributed by atoms with Crippen LogP contribution in [0, 0.1) is 0 Å². The number of rotatable bonds is 8. The molecule has 0 spiro atoms. The molecule has 1 saturated carbocycles. The van der Waals surface area contributed by atoms with E-state index in [0.717, 1.165) is 44.6 Å². The molecule has 28 heavy (non-hydrogen) atoms. The van der Waals surface area contributed by atoms with Crippen LogP contribution in [0.4, 0.5) is 0 Å². The van der Waals surface area contributed by atoms with Gasteiger partial charge >= 0.3 is 5.69 Å². The van der Waals surface area contributed by atoms with Crippen molar-refractivity contribution in [1.29, 1.82) is 0 Å². The molecule has 0 unspecified atom stereocenters. The fourth-order valence-corrected chi connectivity index (χ4v) is 4.45. The van der Waals surface area contributed by atoms with E-state index in [1.165, 1.54) is 23.9 Å². The van der Waals surface area contributed by atoms with Crippen molar-refractivity contribution in [2.24, 2.45) is 0 Å². The molecule has 1 N–H and O–H groups in total. The largest absolute Gasteiger partial charge is 0.383 e. The SMILES string of the molecule is CCn1c(C2CCN(CC(=O)NC3CCCCC3)CC2)nn(CCOC)c1=O. The number of aromatic nitrogens is 3. The minimum Gasteiger partial charge on any atom is -0.383 e. The monoisotopic (exact) mass is 393 g/mol. The third-order valence-corrected chi connectivity index (χ3v) is 6.07. The molecule has 8 heteroatoms. The van der Waals surface area contributed by atoms with Crippen molar-refractivity contribution in [1.82, 2.24) is 24.6 Å². The lowest BCUT2D eigenvalue weighted by atomic mass is 9.95. The normalized spacial score (nSPS) is 19.8. The van der Waals surface area contributed by atoms with Crippen LogP contribution in [0.3, 0.4) is 0 Å². The summed E-state index contributed by atoms with van der Waals surface area (Å²) in [5.41, 5.74) is -0.0520. The molecule has 1 saturated heterocycles. The van der Waals surface area contributed by atoms with Crippen molar-refractivity contribution in [3.8, 4) is 0 Å². The van der Waals surface area contributed by atoms with Gasteiger partial charge in [-0.05, 0) is 45.7 Å². The van der Waals surface area contributed by atoms with Gasteiger partial charge in [-0.2, -0.15) is 5.10 Å². The minimum absolute atomic E-state index is 0.0520. The van der Waals surface area contributed by atoms with Crippen LogP contribution in [0.1, 0.15) is 63.6 Å². The summed E-state index contributed by atoms with van der Waals surface area (Å²) in [4.78, 5) is 27.1. The van der Waals surface area contributed by atoms with Crippen molar-refractivity contribution in [3.63, 3.8) is 0 Å². The lowest BCUT2D eigenvalue weighted by molar-refractivity contribution is -0.123. The summed E-state index contributed by atoms with van der Waals surface area (Å²) in [7, 11) is 1.63. The number of nitrogens with one attached hydrogen (secondary N) is 1. The average molecular weight is 394 g/mol. The predicted octanol–water partition coefficient (Wildman–Crippen LogP) is 1.34. The molecule has 1 amide bonds. The van der Waals surface area contributed by atoms with Crippen LogP contribution in [-0.2, 0) is 22.6 Å². The number of hydrogen-bond donors (Lipinski definition) is 1. The van der Waals surface area contributed by atoms with E-state index in [-0.39, 0.29) is 17.5 Å². The van der Waals surface area contributed by atoms with Gasteiger partial charge in [0, 0.05) is 25.6 Å². The number of likely N-dealkylation sites (tertiary alicyclic amines) is 1. The van der Waals surface area contributed by atoms with Crippen molar-refractivity contribution in [2.75, 3.05) is 33.4 Å². The summed E-state index contributed by atoms with van der Waals surface area (Å²) < 4.78 is 8.38. The number of methoxy groups -OCH3 is 1. The number of nitrogens with zero attached hydrogens (tertiary/aromatic N) is 4. The van der Waals surface area contributed by atoms with Crippen molar-refractivity contribution < 1.29 is 9.53 Å². The molecule has 1 aromatic rings. The first kappa shape index (κ1) is 21.0. The Morgan fingerprint density at radius 2 is 1.89 bits per heavy atom. The lowest BCUT2D eigenvalue weighted by Crippen LogP contribution is -2.45. The predicted molar refractivity (Wildman–Crippen MR) is 107 cm³/mol. The molecule has 0 bridgehead atoms. The van der Waals surface area contributed by atoms with Crippen molar-refractivity contribution in [2.45, 2.75) is 76.9 Å². The number of carbonyl (C=O) groups is 1. The van der Waals surface area contributed by atoms with Gasteiger partial charge in [-0.25, -0.2) is 9.48 Å². The van der Waals surface area contributed by atoms with Gasteiger partial charge in [-0.3, -0.25) is 14.3 Å². The highest BCUT2D eigenvalue weighted by molar-refractivity contribution is 5.78. The molecule has 2 heterocycles. The summed E-state index contributed by atoms with van der Waals surface area (Å²) in [6, 6.07) is 0.369. The molecule has 1 aromatic heterocycles. The molecule has 2 fully saturated rings. The Hall–Kier alpha value is -1.67. The molecule has 158 valence electrons. The Bertz CT molecular complexity index is 685.